The zero-order chi connectivity index (χ0) is 28.8. The van der Waals surface area contributed by atoms with E-state index in [0.717, 1.165) is 25.7 Å². The number of nitrogens with zero attached hydrogens (tertiary/aromatic N) is 6. The van der Waals surface area contributed by atoms with Crippen LogP contribution in [0.15, 0.2) is 6.33 Å². The molecule has 2 aromatic rings. The van der Waals surface area contributed by atoms with Crippen LogP contribution in [-0.2, 0) is 19.1 Å². The second kappa shape index (κ2) is 10.8. The number of nitrogens with two attached hydrogens (primary N) is 1. The molecule has 15 nitrogen and oxygen atoms in total. The Bertz CT molecular complexity index is 1420. The lowest BCUT2D eigenvalue weighted by Crippen LogP contribution is -2.54. The molecule has 5 N–H and O–H groups in total. The van der Waals surface area contributed by atoms with Crippen LogP contribution in [0.2, 0.25) is 0 Å². The number of hydrogen-bond acceptors (Lipinski definition) is 11. The fourth-order valence-electron chi connectivity index (χ4n) is 5.18. The summed E-state index contributed by atoms with van der Waals surface area (Å²) in [5.41, 5.74) is 6.65. The summed E-state index contributed by atoms with van der Waals surface area (Å²) in [5.74, 6) is 6.05. The minimum atomic E-state index is -1.42. The van der Waals surface area contributed by atoms with Crippen LogP contribution in [0.25, 0.3) is 11.2 Å². The lowest BCUT2D eigenvalue weighted by atomic mass is 9.94. The predicted molar refractivity (Wildman–Crippen MR) is 140 cm³/mol. The van der Waals surface area contributed by atoms with Crippen molar-refractivity contribution in [3.05, 3.63) is 12.2 Å². The van der Waals surface area contributed by atoms with Gasteiger partial charge in [0.05, 0.1) is 12.7 Å². The molecule has 1 aliphatic carbocycles. The van der Waals surface area contributed by atoms with E-state index in [4.69, 9.17) is 15.2 Å². The summed E-state index contributed by atoms with van der Waals surface area (Å²) >= 11 is 0. The molecule has 15 heteroatoms. The van der Waals surface area contributed by atoms with Gasteiger partial charge in [0, 0.05) is 32.6 Å². The van der Waals surface area contributed by atoms with E-state index in [0.29, 0.717) is 19.5 Å². The maximum absolute atomic E-state index is 12.5. The van der Waals surface area contributed by atoms with Crippen molar-refractivity contribution in [2.24, 2.45) is 5.92 Å². The lowest BCUT2D eigenvalue weighted by molar-refractivity contribution is -0.161. The monoisotopic (exact) mass is 568 g/mol. The molecule has 5 unspecified atom stereocenters. The van der Waals surface area contributed by atoms with Crippen molar-refractivity contribution >= 4 is 34.9 Å². The smallest absolute Gasteiger partial charge is 0.411 e. The number of hydrogen-bond donors (Lipinski definition) is 4. The summed E-state index contributed by atoms with van der Waals surface area (Å²) in [5, 5.41) is 23.9. The maximum atomic E-state index is 12.5. The van der Waals surface area contributed by atoms with Crippen molar-refractivity contribution in [1.29, 1.82) is 0 Å². The first-order valence-corrected chi connectivity index (χ1v) is 13.7. The largest absolute Gasteiger partial charge is 0.425 e. The Morgan fingerprint density at radius 1 is 1.20 bits per heavy atom. The molecule has 3 aliphatic heterocycles. The van der Waals surface area contributed by atoms with Crippen molar-refractivity contribution in [1.82, 2.24) is 34.6 Å². The third kappa shape index (κ3) is 5.37. The van der Waals surface area contributed by atoms with E-state index < -0.39 is 42.8 Å². The summed E-state index contributed by atoms with van der Waals surface area (Å²) in [4.78, 5) is 52.2. The Hall–Kier alpha value is -4.00. The van der Waals surface area contributed by atoms with Crippen molar-refractivity contribution < 1.29 is 34.1 Å². The van der Waals surface area contributed by atoms with Gasteiger partial charge in [0.15, 0.2) is 30.0 Å². The number of aliphatic hydroxyl groups is 2. The van der Waals surface area contributed by atoms with Gasteiger partial charge in [-0.15, -0.1) is 0 Å². The van der Waals surface area contributed by atoms with Gasteiger partial charge in [-0.2, -0.15) is 0 Å². The SMILES string of the molecule is CN1C(=O)CC1OC(=O)N1CCC(CC#Cc2nc(N)c3ncn(C4OC(C(=O)NC5CC5)C(O)C4O)c3n2)CC1. The molecule has 4 aliphatic rings. The van der Waals surface area contributed by atoms with E-state index in [1.165, 1.54) is 15.8 Å². The Morgan fingerprint density at radius 2 is 1.95 bits per heavy atom. The van der Waals surface area contributed by atoms with Crippen LogP contribution in [0.5, 0.6) is 0 Å². The van der Waals surface area contributed by atoms with Crippen LogP contribution < -0.4 is 11.1 Å². The minimum absolute atomic E-state index is 0.0421. The number of likely N-dealkylation sites (tertiary alicyclic amines) is 2. The highest BCUT2D eigenvalue weighted by atomic mass is 16.6. The second-order valence-corrected chi connectivity index (χ2v) is 11.0. The number of carbonyl (C=O) groups is 3. The van der Waals surface area contributed by atoms with Gasteiger partial charge in [-0.25, -0.2) is 19.7 Å². The molecular formula is C26H32N8O7. The number of aliphatic hydroxyl groups excluding tert-OH is 2. The highest BCUT2D eigenvalue weighted by molar-refractivity contribution is 5.84. The second-order valence-electron chi connectivity index (χ2n) is 11.0. The molecule has 218 valence electrons. The van der Waals surface area contributed by atoms with Gasteiger partial charge < -0.3 is 40.5 Å². The van der Waals surface area contributed by atoms with Crippen molar-refractivity contribution in [2.45, 2.75) is 75.3 Å². The Morgan fingerprint density at radius 3 is 2.63 bits per heavy atom. The van der Waals surface area contributed by atoms with E-state index in [1.54, 1.807) is 11.9 Å². The first kappa shape index (κ1) is 27.2. The molecule has 0 bridgehead atoms. The van der Waals surface area contributed by atoms with E-state index in [9.17, 15) is 24.6 Å². The number of fused-ring (bicyclic) bond motifs is 1. The number of piperidine rings is 1. The van der Waals surface area contributed by atoms with E-state index in [1.807, 2.05) is 0 Å². The molecule has 0 radical (unpaired) electrons. The molecule has 0 spiro atoms. The number of carbonyl (C=O) groups excluding carboxylic acids is 3. The van der Waals surface area contributed by atoms with Gasteiger partial charge in [-0.05, 0) is 37.5 Å². The molecule has 41 heavy (non-hydrogen) atoms. The number of imidazole rings is 1. The zero-order valence-corrected chi connectivity index (χ0v) is 22.5. The first-order valence-electron chi connectivity index (χ1n) is 13.7. The van der Waals surface area contributed by atoms with Crippen LogP contribution in [0.3, 0.4) is 0 Å². The third-order valence-electron chi connectivity index (χ3n) is 8.02. The van der Waals surface area contributed by atoms with Gasteiger partial charge in [0.25, 0.3) is 5.91 Å². The highest BCUT2D eigenvalue weighted by Gasteiger charge is 2.48. The van der Waals surface area contributed by atoms with Crippen LogP contribution in [0, 0.1) is 17.8 Å². The van der Waals surface area contributed by atoms with Crippen molar-refractivity contribution in [3.63, 3.8) is 0 Å². The fourth-order valence-corrected chi connectivity index (χ4v) is 5.18. The van der Waals surface area contributed by atoms with Crippen LogP contribution in [0.4, 0.5) is 10.6 Å². The van der Waals surface area contributed by atoms with Gasteiger partial charge in [0.2, 0.25) is 11.7 Å². The lowest BCUT2D eigenvalue weighted by Gasteiger charge is -2.38. The molecule has 1 saturated carbocycles. The van der Waals surface area contributed by atoms with Gasteiger partial charge in [-0.3, -0.25) is 14.2 Å². The van der Waals surface area contributed by atoms with Crippen LogP contribution in [-0.4, -0.2) is 108 Å². The number of nitrogen functional groups attached to an aromatic ring is 1. The first-order chi connectivity index (χ1) is 19.7. The Balaban J connectivity index is 1.08. The van der Waals surface area contributed by atoms with Crippen LogP contribution >= 0.6 is 0 Å². The Labute approximate surface area is 235 Å². The van der Waals surface area contributed by atoms with Crippen LogP contribution in [0.1, 0.15) is 50.6 Å². The highest BCUT2D eigenvalue weighted by Crippen LogP contribution is 2.33. The molecule has 5 atom stereocenters. The molecule has 0 aromatic carbocycles. The fraction of sp³-hybridized carbons (Fsp3) is 0.615. The molecular weight excluding hydrogens is 536 g/mol. The van der Waals surface area contributed by atoms with Crippen molar-refractivity contribution in [2.75, 3.05) is 25.9 Å². The zero-order valence-electron chi connectivity index (χ0n) is 22.5. The summed E-state index contributed by atoms with van der Waals surface area (Å²) < 4.78 is 12.6. The van der Waals surface area contributed by atoms with Crippen molar-refractivity contribution in [3.8, 4) is 11.8 Å². The summed E-state index contributed by atoms with van der Waals surface area (Å²) in [7, 11) is 1.61. The number of anilines is 1. The number of nitrogens with one attached hydrogen (secondary N) is 1. The molecule has 6 rings (SSSR count). The quantitative estimate of drug-likeness (QED) is 0.257. The van der Waals surface area contributed by atoms with Gasteiger partial charge in [-0.1, -0.05) is 5.92 Å². The van der Waals surface area contributed by atoms with Gasteiger partial charge in [0.1, 0.15) is 17.7 Å². The predicted octanol–water partition coefficient (Wildman–Crippen LogP) is -0.915. The maximum Gasteiger partial charge on any atom is 0.411 e. The topological polar surface area (TPSA) is 198 Å². The molecule has 3 saturated heterocycles. The minimum Gasteiger partial charge on any atom is -0.425 e. The molecule has 5 heterocycles. The number of ether oxygens (including phenoxy) is 2. The molecule has 3 amide bonds. The summed E-state index contributed by atoms with van der Waals surface area (Å²) in [6.45, 7) is 1.08. The number of rotatable bonds is 5. The van der Waals surface area contributed by atoms with E-state index >= 15 is 0 Å². The molecule has 4 fully saturated rings. The van der Waals surface area contributed by atoms with E-state index in [2.05, 4.69) is 32.1 Å². The normalized spacial score (nSPS) is 28.3. The summed E-state index contributed by atoms with van der Waals surface area (Å²) in [6, 6.07) is 0.0774. The number of β-lactam (4-membered cyclic amide) rings is 1. The van der Waals surface area contributed by atoms with E-state index in [-0.39, 0.29) is 47.1 Å². The van der Waals surface area contributed by atoms with Gasteiger partial charge >= 0.3 is 6.09 Å². The Kier molecular flexibility index (Phi) is 7.14. The third-order valence-corrected chi connectivity index (χ3v) is 8.02. The number of amides is 3. The standard InChI is InChI=1S/C26H32N8O7/c1-32-16(35)11-17(32)40-26(39)33-9-7-13(8-10-33)3-2-4-15-30-22(27)18-23(31-15)34(12-28-18)25-20(37)19(36)21(41-25)24(38)29-14-5-6-14/h12-14,17,19-21,25,36-37H,3,5-11H2,1H3,(H,29,38)(H2,27,30,31). The molecule has 2 aromatic heterocycles. The average Bonchev–Trinajstić information content (AvgIpc) is 3.60. The average molecular weight is 569 g/mol. The number of aromatic nitrogens is 4. The summed E-state index contributed by atoms with van der Waals surface area (Å²) in [6.07, 6.45) is -0.627.